The van der Waals surface area contributed by atoms with Gasteiger partial charge in [0.2, 0.25) is 11.8 Å². The van der Waals surface area contributed by atoms with Crippen LogP contribution in [0.15, 0.2) is 60.7 Å². The molecule has 0 aliphatic rings. The number of carbonyl (C=O) groups is 2. The lowest BCUT2D eigenvalue weighted by Gasteiger charge is -2.15. The van der Waals surface area contributed by atoms with Crippen molar-refractivity contribution in [1.29, 1.82) is 0 Å². The summed E-state index contributed by atoms with van der Waals surface area (Å²) < 4.78 is 0. The van der Waals surface area contributed by atoms with E-state index in [2.05, 4.69) is 5.32 Å². The van der Waals surface area contributed by atoms with E-state index in [1.54, 1.807) is 0 Å². The summed E-state index contributed by atoms with van der Waals surface area (Å²) in [7, 11) is 0. The van der Waals surface area contributed by atoms with Crippen LogP contribution >= 0.6 is 0 Å². The van der Waals surface area contributed by atoms with Crippen LogP contribution in [0.2, 0.25) is 0 Å². The number of nitrogens with two attached hydrogens (primary N) is 1. The molecule has 3 N–H and O–H groups in total. The number of hydrogen-bond acceptors (Lipinski definition) is 2. The number of primary amides is 1. The van der Waals surface area contributed by atoms with Crippen LogP contribution in [0.4, 0.5) is 0 Å². The molecule has 0 saturated carbocycles. The van der Waals surface area contributed by atoms with Crippen molar-refractivity contribution >= 4 is 11.8 Å². The molecule has 0 spiro atoms. The SMILES string of the molecule is NC(=O)C(CCc1ccccc1)NC(=O)CCc1ccccc1. The highest BCUT2D eigenvalue weighted by Crippen LogP contribution is 2.06. The fraction of sp³-hybridized carbons (Fsp3) is 0.263. The van der Waals surface area contributed by atoms with Gasteiger partial charge in [0, 0.05) is 6.42 Å². The van der Waals surface area contributed by atoms with Crippen LogP contribution in [0.1, 0.15) is 24.0 Å². The Kier molecular flexibility index (Phi) is 6.36. The fourth-order valence-corrected chi connectivity index (χ4v) is 2.41. The molecule has 120 valence electrons. The molecule has 0 saturated heterocycles. The molecule has 2 aromatic carbocycles. The number of benzene rings is 2. The predicted molar refractivity (Wildman–Crippen MR) is 90.7 cm³/mol. The Balaban J connectivity index is 1.81. The summed E-state index contributed by atoms with van der Waals surface area (Å²) in [4.78, 5) is 23.6. The van der Waals surface area contributed by atoms with Gasteiger partial charge in [-0.3, -0.25) is 9.59 Å². The minimum atomic E-state index is -0.626. The first-order valence-corrected chi connectivity index (χ1v) is 7.81. The maximum atomic E-state index is 12.0. The van der Waals surface area contributed by atoms with Crippen LogP contribution in [0.3, 0.4) is 0 Å². The van der Waals surface area contributed by atoms with Crippen LogP contribution in [0.25, 0.3) is 0 Å². The predicted octanol–water partition coefficient (Wildman–Crippen LogP) is 2.22. The zero-order valence-electron chi connectivity index (χ0n) is 13.1. The van der Waals surface area contributed by atoms with Gasteiger partial charge in [-0.05, 0) is 30.4 Å². The second kappa shape index (κ2) is 8.73. The smallest absolute Gasteiger partial charge is 0.240 e. The van der Waals surface area contributed by atoms with E-state index < -0.39 is 11.9 Å². The van der Waals surface area contributed by atoms with Gasteiger partial charge in [-0.2, -0.15) is 0 Å². The Morgan fingerprint density at radius 1 is 0.870 bits per heavy atom. The first-order chi connectivity index (χ1) is 11.1. The van der Waals surface area contributed by atoms with Gasteiger partial charge in [0.25, 0.3) is 0 Å². The second-order valence-corrected chi connectivity index (χ2v) is 5.53. The Morgan fingerprint density at radius 3 is 1.91 bits per heavy atom. The Labute approximate surface area is 136 Å². The molecule has 0 fully saturated rings. The van der Waals surface area contributed by atoms with E-state index in [9.17, 15) is 9.59 Å². The normalized spacial score (nSPS) is 11.7. The van der Waals surface area contributed by atoms with E-state index in [-0.39, 0.29) is 5.91 Å². The van der Waals surface area contributed by atoms with Crippen molar-refractivity contribution < 1.29 is 9.59 Å². The van der Waals surface area contributed by atoms with Gasteiger partial charge in [0.05, 0.1) is 0 Å². The lowest BCUT2D eigenvalue weighted by atomic mass is 10.0. The van der Waals surface area contributed by atoms with E-state index in [1.165, 1.54) is 0 Å². The van der Waals surface area contributed by atoms with E-state index in [4.69, 9.17) is 5.73 Å². The quantitative estimate of drug-likeness (QED) is 0.785. The highest BCUT2D eigenvalue weighted by molar-refractivity contribution is 5.86. The standard InChI is InChI=1S/C19H22N2O2/c20-19(23)17(13-11-15-7-3-1-4-8-15)21-18(22)14-12-16-9-5-2-6-10-16/h1-10,17H,11-14H2,(H2,20,23)(H,21,22). The van der Waals surface area contributed by atoms with E-state index in [0.717, 1.165) is 11.1 Å². The summed E-state index contributed by atoms with van der Waals surface area (Å²) in [6, 6.07) is 19.0. The van der Waals surface area contributed by atoms with Crippen LogP contribution in [-0.4, -0.2) is 17.9 Å². The van der Waals surface area contributed by atoms with Crippen molar-refractivity contribution in [2.75, 3.05) is 0 Å². The topological polar surface area (TPSA) is 72.2 Å². The van der Waals surface area contributed by atoms with Crippen molar-refractivity contribution in [2.24, 2.45) is 5.73 Å². The zero-order valence-corrected chi connectivity index (χ0v) is 13.1. The maximum absolute atomic E-state index is 12.0. The monoisotopic (exact) mass is 310 g/mol. The molecule has 0 radical (unpaired) electrons. The highest BCUT2D eigenvalue weighted by Gasteiger charge is 2.17. The molecule has 1 unspecified atom stereocenters. The van der Waals surface area contributed by atoms with Crippen LogP contribution < -0.4 is 11.1 Å². The van der Waals surface area contributed by atoms with E-state index in [1.807, 2.05) is 60.7 Å². The minimum Gasteiger partial charge on any atom is -0.368 e. The minimum absolute atomic E-state index is 0.147. The van der Waals surface area contributed by atoms with Crippen LogP contribution in [0.5, 0.6) is 0 Å². The summed E-state index contributed by atoms with van der Waals surface area (Å²) in [5.41, 5.74) is 7.62. The lowest BCUT2D eigenvalue weighted by molar-refractivity contribution is -0.127. The molecule has 2 aromatic rings. The molecule has 4 nitrogen and oxygen atoms in total. The number of aryl methyl sites for hydroxylation is 2. The van der Waals surface area contributed by atoms with Crippen LogP contribution in [-0.2, 0) is 22.4 Å². The molecule has 23 heavy (non-hydrogen) atoms. The van der Waals surface area contributed by atoms with Crippen LogP contribution in [0, 0.1) is 0 Å². The largest absolute Gasteiger partial charge is 0.368 e. The van der Waals surface area contributed by atoms with Gasteiger partial charge in [-0.25, -0.2) is 0 Å². The fourth-order valence-electron chi connectivity index (χ4n) is 2.41. The van der Waals surface area contributed by atoms with Gasteiger partial charge in [0.1, 0.15) is 6.04 Å². The molecule has 0 aliphatic heterocycles. The molecule has 2 rings (SSSR count). The van der Waals surface area contributed by atoms with Gasteiger partial charge in [-0.1, -0.05) is 60.7 Å². The molecule has 0 bridgehead atoms. The van der Waals surface area contributed by atoms with Gasteiger partial charge < -0.3 is 11.1 Å². The van der Waals surface area contributed by atoms with E-state index >= 15 is 0 Å². The summed E-state index contributed by atoms with van der Waals surface area (Å²) >= 11 is 0. The van der Waals surface area contributed by atoms with Crippen molar-refractivity contribution in [2.45, 2.75) is 31.7 Å². The molecule has 0 aliphatic carbocycles. The molecule has 4 heteroatoms. The first-order valence-electron chi connectivity index (χ1n) is 7.81. The van der Waals surface area contributed by atoms with Gasteiger partial charge in [0.15, 0.2) is 0 Å². The third kappa shape index (κ3) is 5.94. The molecular formula is C19H22N2O2. The summed E-state index contributed by atoms with van der Waals surface area (Å²) in [6.07, 6.45) is 2.21. The third-order valence-electron chi connectivity index (χ3n) is 3.73. The Morgan fingerprint density at radius 2 is 1.39 bits per heavy atom. The lowest BCUT2D eigenvalue weighted by Crippen LogP contribution is -2.44. The molecule has 0 heterocycles. The van der Waals surface area contributed by atoms with Gasteiger partial charge in [-0.15, -0.1) is 0 Å². The van der Waals surface area contributed by atoms with E-state index in [0.29, 0.717) is 25.7 Å². The molecule has 2 amide bonds. The van der Waals surface area contributed by atoms with Crippen molar-refractivity contribution in [1.82, 2.24) is 5.32 Å². The molecular weight excluding hydrogens is 288 g/mol. The summed E-state index contributed by atoms with van der Waals surface area (Å²) in [6.45, 7) is 0. The Bertz CT molecular complexity index is 626. The zero-order chi connectivity index (χ0) is 16.5. The number of amides is 2. The molecule has 1 atom stereocenters. The third-order valence-corrected chi connectivity index (χ3v) is 3.73. The summed E-state index contributed by atoms with van der Waals surface area (Å²) in [5, 5.41) is 2.74. The number of rotatable bonds is 8. The second-order valence-electron chi connectivity index (χ2n) is 5.53. The number of carbonyl (C=O) groups excluding carboxylic acids is 2. The highest BCUT2D eigenvalue weighted by atomic mass is 16.2. The van der Waals surface area contributed by atoms with Crippen molar-refractivity contribution in [3.05, 3.63) is 71.8 Å². The average Bonchev–Trinajstić information content (AvgIpc) is 2.58. The average molecular weight is 310 g/mol. The summed E-state index contributed by atoms with van der Waals surface area (Å²) in [5.74, 6) is -0.639. The van der Waals surface area contributed by atoms with Gasteiger partial charge >= 0.3 is 0 Å². The Hall–Kier alpha value is -2.62. The first kappa shape index (κ1) is 16.7. The number of nitrogens with one attached hydrogen (secondary N) is 1. The van der Waals surface area contributed by atoms with Crippen molar-refractivity contribution in [3.8, 4) is 0 Å². The van der Waals surface area contributed by atoms with Crippen molar-refractivity contribution in [3.63, 3.8) is 0 Å². The molecule has 0 aromatic heterocycles. The maximum Gasteiger partial charge on any atom is 0.240 e. The number of hydrogen-bond donors (Lipinski definition) is 2.